The molecule has 0 radical (unpaired) electrons. The molecule has 2 heterocycles. The van der Waals surface area contributed by atoms with Crippen LogP contribution in [0.2, 0.25) is 0 Å². The zero-order valence-corrected chi connectivity index (χ0v) is 12.2. The number of hydrogen-bond acceptors (Lipinski definition) is 5. The van der Waals surface area contributed by atoms with Crippen molar-refractivity contribution in [2.45, 2.75) is 18.1 Å². The maximum absolute atomic E-state index is 12.3. The lowest BCUT2D eigenvalue weighted by atomic mass is 10.3. The van der Waals surface area contributed by atoms with Gasteiger partial charge < -0.3 is 9.73 Å². The van der Waals surface area contributed by atoms with Crippen molar-refractivity contribution in [3.63, 3.8) is 0 Å². The molecule has 2 rings (SSSR count). The molecule has 0 fully saturated rings. The molecule has 20 heavy (non-hydrogen) atoms. The van der Waals surface area contributed by atoms with Crippen LogP contribution >= 0.6 is 0 Å². The molecule has 0 saturated heterocycles. The van der Waals surface area contributed by atoms with Gasteiger partial charge in [0.15, 0.2) is 5.03 Å². The molecule has 0 spiro atoms. The SMILES string of the molecule is CNCc1ccc(S(=O)(=O)N(C)Cc2ccoc2)nc1. The summed E-state index contributed by atoms with van der Waals surface area (Å²) in [4.78, 5) is 4.03. The Morgan fingerprint density at radius 1 is 1.30 bits per heavy atom. The number of aromatic nitrogens is 1. The summed E-state index contributed by atoms with van der Waals surface area (Å²) in [7, 11) is -0.244. The topological polar surface area (TPSA) is 75.4 Å². The molecule has 0 aliphatic heterocycles. The Labute approximate surface area is 118 Å². The Hall–Kier alpha value is -1.70. The van der Waals surface area contributed by atoms with E-state index in [9.17, 15) is 8.42 Å². The van der Waals surface area contributed by atoms with Gasteiger partial charge in [0.1, 0.15) is 0 Å². The summed E-state index contributed by atoms with van der Waals surface area (Å²) < 4.78 is 30.9. The Morgan fingerprint density at radius 3 is 2.65 bits per heavy atom. The summed E-state index contributed by atoms with van der Waals surface area (Å²) in [5.41, 5.74) is 1.73. The van der Waals surface area contributed by atoms with Crippen LogP contribution < -0.4 is 5.32 Å². The number of sulfonamides is 1. The molecule has 0 aliphatic carbocycles. The molecule has 0 unspecified atom stereocenters. The highest BCUT2D eigenvalue weighted by Gasteiger charge is 2.22. The van der Waals surface area contributed by atoms with Crippen molar-refractivity contribution < 1.29 is 12.8 Å². The quantitative estimate of drug-likeness (QED) is 0.867. The highest BCUT2D eigenvalue weighted by Crippen LogP contribution is 2.15. The van der Waals surface area contributed by atoms with Crippen molar-refractivity contribution in [1.82, 2.24) is 14.6 Å². The first kappa shape index (κ1) is 14.7. The first-order valence-corrected chi connectivity index (χ1v) is 7.55. The van der Waals surface area contributed by atoms with Crippen LogP contribution in [0.5, 0.6) is 0 Å². The second kappa shape index (κ2) is 6.17. The Balaban J connectivity index is 2.16. The van der Waals surface area contributed by atoms with Crippen LogP contribution in [-0.2, 0) is 23.1 Å². The molecule has 7 heteroatoms. The van der Waals surface area contributed by atoms with Gasteiger partial charge in [0.25, 0.3) is 10.0 Å². The van der Waals surface area contributed by atoms with E-state index < -0.39 is 10.0 Å². The van der Waals surface area contributed by atoms with Gasteiger partial charge in [0, 0.05) is 31.9 Å². The minimum Gasteiger partial charge on any atom is -0.472 e. The van der Waals surface area contributed by atoms with Gasteiger partial charge in [-0.25, -0.2) is 13.4 Å². The number of rotatable bonds is 6. The van der Waals surface area contributed by atoms with Gasteiger partial charge in [0.2, 0.25) is 0 Å². The molecule has 0 saturated carbocycles. The zero-order chi connectivity index (χ0) is 14.6. The Morgan fingerprint density at radius 2 is 2.10 bits per heavy atom. The van der Waals surface area contributed by atoms with Gasteiger partial charge in [-0.15, -0.1) is 0 Å². The van der Waals surface area contributed by atoms with E-state index in [1.54, 1.807) is 18.3 Å². The number of nitrogens with zero attached hydrogens (tertiary/aromatic N) is 2. The van der Waals surface area contributed by atoms with E-state index in [4.69, 9.17) is 4.42 Å². The van der Waals surface area contributed by atoms with Crippen LogP contribution in [0.25, 0.3) is 0 Å². The van der Waals surface area contributed by atoms with Gasteiger partial charge in [-0.1, -0.05) is 6.07 Å². The third kappa shape index (κ3) is 3.24. The number of pyridine rings is 1. The summed E-state index contributed by atoms with van der Waals surface area (Å²) >= 11 is 0. The molecule has 0 atom stereocenters. The number of furan rings is 1. The van der Waals surface area contributed by atoms with Gasteiger partial charge in [-0.2, -0.15) is 4.31 Å². The standard InChI is InChI=1S/C13H17N3O3S/c1-14-7-11-3-4-13(15-8-11)20(17,18)16(2)9-12-5-6-19-10-12/h3-6,8,10,14H,7,9H2,1-2H3. The van der Waals surface area contributed by atoms with Gasteiger partial charge in [-0.05, 0) is 24.7 Å². The molecule has 1 N–H and O–H groups in total. The average molecular weight is 295 g/mol. The van der Waals surface area contributed by atoms with E-state index in [1.165, 1.54) is 29.9 Å². The molecular weight excluding hydrogens is 278 g/mol. The Kier molecular flexibility index (Phi) is 4.53. The van der Waals surface area contributed by atoms with Crippen LogP contribution in [0.15, 0.2) is 46.4 Å². The van der Waals surface area contributed by atoms with Gasteiger partial charge >= 0.3 is 0 Å². The van der Waals surface area contributed by atoms with Crippen molar-refractivity contribution in [2.24, 2.45) is 0 Å². The lowest BCUT2D eigenvalue weighted by Gasteiger charge is -2.15. The minimum absolute atomic E-state index is 0.0448. The summed E-state index contributed by atoms with van der Waals surface area (Å²) in [6.07, 6.45) is 4.60. The molecule has 2 aromatic heterocycles. The van der Waals surface area contributed by atoms with E-state index in [0.29, 0.717) is 6.54 Å². The third-order valence-corrected chi connectivity index (χ3v) is 4.56. The van der Waals surface area contributed by atoms with Crippen LogP contribution in [0.1, 0.15) is 11.1 Å². The highest BCUT2D eigenvalue weighted by atomic mass is 32.2. The monoisotopic (exact) mass is 295 g/mol. The lowest BCUT2D eigenvalue weighted by Crippen LogP contribution is -2.27. The first-order chi connectivity index (χ1) is 9.54. The second-order valence-corrected chi connectivity index (χ2v) is 6.42. The van der Waals surface area contributed by atoms with Crippen molar-refractivity contribution in [3.8, 4) is 0 Å². The number of hydrogen-bond donors (Lipinski definition) is 1. The zero-order valence-electron chi connectivity index (χ0n) is 11.4. The fraction of sp³-hybridized carbons (Fsp3) is 0.308. The van der Waals surface area contributed by atoms with Crippen LogP contribution in [0.3, 0.4) is 0 Å². The molecule has 0 aromatic carbocycles. The maximum Gasteiger partial charge on any atom is 0.260 e. The summed E-state index contributed by atoms with van der Waals surface area (Å²) in [5, 5.41) is 3.03. The van der Waals surface area contributed by atoms with E-state index in [2.05, 4.69) is 10.3 Å². The number of nitrogens with one attached hydrogen (secondary N) is 1. The predicted octanol–water partition coefficient (Wildman–Crippen LogP) is 1.21. The molecule has 0 amide bonds. The molecular formula is C13H17N3O3S. The first-order valence-electron chi connectivity index (χ1n) is 6.11. The van der Waals surface area contributed by atoms with Crippen molar-refractivity contribution in [1.29, 1.82) is 0 Å². The Bertz CT molecular complexity index is 636. The van der Waals surface area contributed by atoms with E-state index in [0.717, 1.165) is 11.1 Å². The fourth-order valence-electron chi connectivity index (χ4n) is 1.76. The molecule has 2 aromatic rings. The molecule has 6 nitrogen and oxygen atoms in total. The van der Waals surface area contributed by atoms with Crippen LogP contribution in [0.4, 0.5) is 0 Å². The average Bonchev–Trinajstić information content (AvgIpc) is 2.92. The van der Waals surface area contributed by atoms with Crippen molar-refractivity contribution >= 4 is 10.0 Å². The molecule has 108 valence electrons. The van der Waals surface area contributed by atoms with Gasteiger partial charge in [0.05, 0.1) is 12.5 Å². The minimum atomic E-state index is -3.59. The van der Waals surface area contributed by atoms with Crippen LogP contribution in [0, 0.1) is 0 Å². The fourth-order valence-corrected chi connectivity index (χ4v) is 2.82. The largest absolute Gasteiger partial charge is 0.472 e. The van der Waals surface area contributed by atoms with Gasteiger partial charge in [-0.3, -0.25) is 0 Å². The smallest absolute Gasteiger partial charge is 0.260 e. The van der Waals surface area contributed by atoms with E-state index in [1.807, 2.05) is 7.05 Å². The predicted molar refractivity (Wildman–Crippen MR) is 74.4 cm³/mol. The summed E-state index contributed by atoms with van der Waals surface area (Å²) in [6.45, 7) is 0.900. The van der Waals surface area contributed by atoms with Crippen LogP contribution in [-0.4, -0.2) is 31.8 Å². The maximum atomic E-state index is 12.3. The van der Waals surface area contributed by atoms with Crippen molar-refractivity contribution in [2.75, 3.05) is 14.1 Å². The molecule has 0 bridgehead atoms. The third-order valence-electron chi connectivity index (χ3n) is 2.84. The molecule has 0 aliphatic rings. The normalized spacial score (nSPS) is 11.9. The second-order valence-electron chi connectivity index (χ2n) is 4.43. The van der Waals surface area contributed by atoms with E-state index >= 15 is 0 Å². The lowest BCUT2D eigenvalue weighted by molar-refractivity contribution is 0.460. The van der Waals surface area contributed by atoms with Crippen molar-refractivity contribution in [3.05, 3.63) is 48.0 Å². The van der Waals surface area contributed by atoms with E-state index in [-0.39, 0.29) is 11.6 Å². The summed E-state index contributed by atoms with van der Waals surface area (Å²) in [6, 6.07) is 5.01. The summed E-state index contributed by atoms with van der Waals surface area (Å²) in [5.74, 6) is 0. The highest BCUT2D eigenvalue weighted by molar-refractivity contribution is 7.89.